The first-order valence-electron chi connectivity index (χ1n) is 5.74. The predicted molar refractivity (Wildman–Crippen MR) is 78.6 cm³/mol. The largest absolute Gasteiger partial charge is 0.319 e. The van der Waals surface area contributed by atoms with Gasteiger partial charge in [0.15, 0.2) is 0 Å². The van der Waals surface area contributed by atoms with Gasteiger partial charge < -0.3 is 5.32 Å². The lowest BCUT2D eigenvalue weighted by Gasteiger charge is -2.12. The summed E-state index contributed by atoms with van der Waals surface area (Å²) in [5.74, 6) is -0.276. The lowest BCUT2D eigenvalue weighted by Crippen LogP contribution is -2.14. The zero-order valence-electron chi connectivity index (χ0n) is 10.2. The van der Waals surface area contributed by atoms with Gasteiger partial charge in [0.05, 0.1) is 16.2 Å². The van der Waals surface area contributed by atoms with E-state index in [4.69, 9.17) is 11.6 Å². The average Bonchev–Trinajstić information content (AvgIpc) is 3.12. The second-order valence-corrected chi connectivity index (χ2v) is 5.04. The highest BCUT2D eigenvalue weighted by atomic mass is 35.5. The highest BCUT2D eigenvalue weighted by molar-refractivity contribution is 7.07. The number of halogens is 1. The second-order valence-electron chi connectivity index (χ2n) is 3.91. The van der Waals surface area contributed by atoms with E-state index in [1.54, 1.807) is 52.2 Å². The van der Waals surface area contributed by atoms with Crippen LogP contribution in [0.1, 0.15) is 10.5 Å². The Balaban J connectivity index is 1.98. The number of para-hydroxylation sites is 1. The van der Waals surface area contributed by atoms with E-state index in [0.29, 0.717) is 22.1 Å². The number of anilines is 1. The third-order valence-corrected chi connectivity index (χ3v) is 3.52. The molecule has 0 aliphatic heterocycles. The van der Waals surface area contributed by atoms with Crippen LogP contribution in [0.25, 0.3) is 5.69 Å². The molecule has 2 heterocycles. The van der Waals surface area contributed by atoms with E-state index in [2.05, 4.69) is 15.4 Å². The molecule has 0 fully saturated rings. The lowest BCUT2D eigenvalue weighted by atomic mass is 10.2. The zero-order valence-corrected chi connectivity index (χ0v) is 11.7. The normalized spacial score (nSPS) is 10.4. The quantitative estimate of drug-likeness (QED) is 0.808. The minimum Gasteiger partial charge on any atom is -0.319 e. The molecule has 0 aliphatic carbocycles. The third-order valence-electron chi connectivity index (χ3n) is 2.63. The summed E-state index contributed by atoms with van der Waals surface area (Å²) in [6.07, 6.45) is 3.41. The molecule has 3 rings (SSSR count). The fraction of sp³-hybridized carbons (Fsp3) is 0. The van der Waals surface area contributed by atoms with Crippen molar-refractivity contribution < 1.29 is 4.79 Å². The van der Waals surface area contributed by atoms with Crippen molar-refractivity contribution in [3.63, 3.8) is 0 Å². The van der Waals surface area contributed by atoms with Crippen molar-refractivity contribution in [2.24, 2.45) is 0 Å². The SMILES string of the molecule is O=C(Nc1cccc(Cl)c1-n1cccn1)c1cscn1. The Morgan fingerprint density at radius 3 is 2.95 bits per heavy atom. The monoisotopic (exact) mass is 304 g/mol. The zero-order chi connectivity index (χ0) is 13.9. The van der Waals surface area contributed by atoms with E-state index in [-0.39, 0.29) is 5.91 Å². The molecule has 0 aliphatic rings. The Morgan fingerprint density at radius 1 is 1.35 bits per heavy atom. The maximum Gasteiger partial charge on any atom is 0.275 e. The Morgan fingerprint density at radius 2 is 2.25 bits per heavy atom. The number of thiazole rings is 1. The number of benzene rings is 1. The predicted octanol–water partition coefficient (Wildman–Crippen LogP) is 3.23. The molecule has 3 aromatic rings. The molecule has 1 N–H and O–H groups in total. The van der Waals surface area contributed by atoms with Crippen molar-refractivity contribution >= 4 is 34.5 Å². The van der Waals surface area contributed by atoms with Crippen LogP contribution >= 0.6 is 22.9 Å². The number of carbonyl (C=O) groups is 1. The minimum atomic E-state index is -0.276. The molecule has 1 amide bonds. The summed E-state index contributed by atoms with van der Waals surface area (Å²) in [7, 11) is 0. The van der Waals surface area contributed by atoms with Crippen LogP contribution in [0, 0.1) is 0 Å². The standard InChI is InChI=1S/C13H9ClN4OS/c14-9-3-1-4-10(12(9)18-6-2-5-16-18)17-13(19)11-7-20-8-15-11/h1-8H,(H,17,19). The van der Waals surface area contributed by atoms with Gasteiger partial charge in [0, 0.05) is 17.8 Å². The maximum absolute atomic E-state index is 12.1. The average molecular weight is 305 g/mol. The Labute approximate surface area is 123 Å². The van der Waals surface area contributed by atoms with Crippen molar-refractivity contribution in [3.05, 3.63) is 58.3 Å². The lowest BCUT2D eigenvalue weighted by molar-refractivity contribution is 0.102. The van der Waals surface area contributed by atoms with Crippen molar-refractivity contribution in [2.45, 2.75) is 0 Å². The molecular weight excluding hydrogens is 296 g/mol. The number of aromatic nitrogens is 3. The van der Waals surface area contributed by atoms with Gasteiger partial charge in [-0.3, -0.25) is 4.79 Å². The van der Waals surface area contributed by atoms with Crippen molar-refractivity contribution in [1.82, 2.24) is 14.8 Å². The molecule has 0 bridgehead atoms. The Bertz CT molecular complexity index is 725. The fourth-order valence-electron chi connectivity index (χ4n) is 1.76. The molecular formula is C13H9ClN4OS. The molecule has 0 radical (unpaired) electrons. The van der Waals surface area contributed by atoms with Crippen LogP contribution in [-0.4, -0.2) is 20.7 Å². The van der Waals surface area contributed by atoms with Gasteiger partial charge in [-0.2, -0.15) is 5.10 Å². The number of hydrogen-bond donors (Lipinski definition) is 1. The van der Waals surface area contributed by atoms with Crippen molar-refractivity contribution in [2.75, 3.05) is 5.32 Å². The van der Waals surface area contributed by atoms with Gasteiger partial charge in [0.25, 0.3) is 5.91 Å². The molecule has 0 atom stereocenters. The Hall–Kier alpha value is -2.18. The number of nitrogens with zero attached hydrogens (tertiary/aromatic N) is 3. The molecule has 2 aromatic heterocycles. The summed E-state index contributed by atoms with van der Waals surface area (Å²) in [5.41, 5.74) is 3.20. The van der Waals surface area contributed by atoms with Crippen LogP contribution in [0.4, 0.5) is 5.69 Å². The number of hydrogen-bond acceptors (Lipinski definition) is 4. The molecule has 5 nitrogen and oxygen atoms in total. The van der Waals surface area contributed by atoms with Gasteiger partial charge in [-0.1, -0.05) is 17.7 Å². The van der Waals surface area contributed by atoms with Crippen molar-refractivity contribution in [1.29, 1.82) is 0 Å². The van der Waals surface area contributed by atoms with Crippen LogP contribution in [0.15, 0.2) is 47.5 Å². The van der Waals surface area contributed by atoms with Crippen LogP contribution in [0.2, 0.25) is 5.02 Å². The first-order valence-corrected chi connectivity index (χ1v) is 7.06. The molecule has 0 saturated carbocycles. The number of carbonyl (C=O) groups excluding carboxylic acids is 1. The summed E-state index contributed by atoms with van der Waals surface area (Å²) >= 11 is 7.57. The smallest absolute Gasteiger partial charge is 0.275 e. The van der Waals surface area contributed by atoms with Crippen LogP contribution in [0.3, 0.4) is 0 Å². The van der Waals surface area contributed by atoms with Gasteiger partial charge in [0.1, 0.15) is 11.4 Å². The maximum atomic E-state index is 12.1. The highest BCUT2D eigenvalue weighted by Crippen LogP contribution is 2.28. The second kappa shape index (κ2) is 5.44. The number of nitrogens with one attached hydrogen (secondary N) is 1. The first-order chi connectivity index (χ1) is 9.75. The summed E-state index contributed by atoms with van der Waals surface area (Å²) in [4.78, 5) is 16.0. The van der Waals surface area contributed by atoms with E-state index < -0.39 is 0 Å². The highest BCUT2D eigenvalue weighted by Gasteiger charge is 2.14. The summed E-state index contributed by atoms with van der Waals surface area (Å²) < 4.78 is 1.61. The summed E-state index contributed by atoms with van der Waals surface area (Å²) in [6.45, 7) is 0. The van der Waals surface area contributed by atoms with E-state index in [1.165, 1.54) is 11.3 Å². The third kappa shape index (κ3) is 2.43. The van der Waals surface area contributed by atoms with Gasteiger partial charge in [-0.25, -0.2) is 9.67 Å². The fourth-order valence-corrected chi connectivity index (χ4v) is 2.55. The molecule has 0 saturated heterocycles. The van der Waals surface area contributed by atoms with Gasteiger partial charge in [-0.15, -0.1) is 11.3 Å². The molecule has 1 aromatic carbocycles. The number of rotatable bonds is 3. The van der Waals surface area contributed by atoms with Gasteiger partial charge in [0.2, 0.25) is 0 Å². The molecule has 0 spiro atoms. The molecule has 20 heavy (non-hydrogen) atoms. The van der Waals surface area contributed by atoms with Gasteiger partial charge >= 0.3 is 0 Å². The van der Waals surface area contributed by atoms with Crippen LogP contribution in [-0.2, 0) is 0 Å². The Kier molecular flexibility index (Phi) is 3.49. The minimum absolute atomic E-state index is 0.276. The molecule has 7 heteroatoms. The van der Waals surface area contributed by atoms with E-state index >= 15 is 0 Å². The van der Waals surface area contributed by atoms with Crippen molar-refractivity contribution in [3.8, 4) is 5.69 Å². The van der Waals surface area contributed by atoms with E-state index in [9.17, 15) is 4.79 Å². The first kappa shape index (κ1) is 12.8. The van der Waals surface area contributed by atoms with E-state index in [1.807, 2.05) is 0 Å². The van der Waals surface area contributed by atoms with E-state index in [0.717, 1.165) is 0 Å². The summed E-state index contributed by atoms with van der Waals surface area (Å²) in [6, 6.07) is 7.07. The molecule has 100 valence electrons. The van der Waals surface area contributed by atoms with Crippen LogP contribution < -0.4 is 5.32 Å². The summed E-state index contributed by atoms with van der Waals surface area (Å²) in [5, 5.41) is 9.14. The molecule has 0 unspecified atom stereocenters. The topological polar surface area (TPSA) is 59.8 Å². The van der Waals surface area contributed by atoms with Gasteiger partial charge in [-0.05, 0) is 18.2 Å². The van der Waals surface area contributed by atoms with Crippen LogP contribution in [0.5, 0.6) is 0 Å². The number of amides is 1.